The van der Waals surface area contributed by atoms with E-state index in [2.05, 4.69) is 32.6 Å². The van der Waals surface area contributed by atoms with E-state index in [9.17, 15) is 0 Å². The van der Waals surface area contributed by atoms with Crippen molar-refractivity contribution < 1.29 is 0 Å². The number of guanidine groups is 1. The lowest BCUT2D eigenvalue weighted by molar-refractivity contribution is 0.533. The molecule has 0 unspecified atom stereocenters. The predicted molar refractivity (Wildman–Crippen MR) is 81.3 cm³/mol. The fourth-order valence-electron chi connectivity index (χ4n) is 1.85. The van der Waals surface area contributed by atoms with Crippen LogP contribution in [0.3, 0.4) is 0 Å². The molecule has 94 valence electrons. The van der Waals surface area contributed by atoms with Gasteiger partial charge in [-0.15, -0.1) is 35.3 Å². The first-order valence-electron chi connectivity index (χ1n) is 5.76. The molecule has 4 nitrogen and oxygen atoms in total. The van der Waals surface area contributed by atoms with Gasteiger partial charge in [0.05, 0.1) is 18.8 Å². The molecular weight excluding hydrogens is 347 g/mol. The molecular formula is C11H17IN4S. The molecule has 6 heteroatoms. The molecule has 2 aliphatic rings. The van der Waals surface area contributed by atoms with Gasteiger partial charge < -0.3 is 10.2 Å². The average molecular weight is 364 g/mol. The van der Waals surface area contributed by atoms with Gasteiger partial charge >= 0.3 is 0 Å². The number of aromatic nitrogens is 1. The molecule has 3 rings (SSSR count). The van der Waals surface area contributed by atoms with Gasteiger partial charge in [0, 0.05) is 24.9 Å². The summed E-state index contributed by atoms with van der Waals surface area (Å²) in [5.74, 6) is 1.76. The van der Waals surface area contributed by atoms with E-state index < -0.39 is 0 Å². The Bertz CT molecular complexity index is 413. The number of nitrogens with zero attached hydrogens (tertiary/aromatic N) is 3. The fraction of sp³-hybridized carbons (Fsp3) is 0.636. The number of hydrogen-bond acceptors (Lipinski definition) is 5. The summed E-state index contributed by atoms with van der Waals surface area (Å²) >= 11 is 1.76. The fourth-order valence-corrected chi connectivity index (χ4v) is 2.67. The number of likely N-dealkylation sites (N-methyl/N-ethyl adjacent to an activating group) is 1. The van der Waals surface area contributed by atoms with E-state index in [1.165, 1.54) is 23.5 Å². The Kier molecular flexibility index (Phi) is 4.24. The van der Waals surface area contributed by atoms with Crippen LogP contribution in [0.5, 0.6) is 0 Å². The highest BCUT2D eigenvalue weighted by atomic mass is 127. The molecule has 0 amide bonds. The molecule has 1 aromatic heterocycles. The highest BCUT2D eigenvalue weighted by molar-refractivity contribution is 14.0. The zero-order valence-corrected chi connectivity index (χ0v) is 13.0. The third-order valence-electron chi connectivity index (χ3n) is 3.02. The average Bonchev–Trinajstić information content (AvgIpc) is 2.89. The third kappa shape index (κ3) is 3.09. The molecule has 1 aliphatic carbocycles. The lowest BCUT2D eigenvalue weighted by atomic mass is 10.3. The summed E-state index contributed by atoms with van der Waals surface area (Å²) in [6, 6.07) is 0. The maximum atomic E-state index is 4.64. The van der Waals surface area contributed by atoms with Gasteiger partial charge in [-0.05, 0) is 12.8 Å². The van der Waals surface area contributed by atoms with E-state index in [1.807, 2.05) is 0 Å². The molecule has 0 spiro atoms. The largest absolute Gasteiger partial charge is 0.350 e. The number of rotatable bonds is 3. The molecule has 0 radical (unpaired) electrons. The summed E-state index contributed by atoms with van der Waals surface area (Å²) < 4.78 is 0. The van der Waals surface area contributed by atoms with Crippen molar-refractivity contribution in [2.75, 3.05) is 20.1 Å². The molecule has 0 aromatic carbocycles. The molecule has 1 N–H and O–H groups in total. The Hall–Kier alpha value is -0.370. The Labute approximate surface area is 123 Å². The van der Waals surface area contributed by atoms with Crippen molar-refractivity contribution in [1.82, 2.24) is 15.2 Å². The van der Waals surface area contributed by atoms with Gasteiger partial charge in [0.1, 0.15) is 5.01 Å². The van der Waals surface area contributed by atoms with Crippen molar-refractivity contribution in [3.05, 3.63) is 16.1 Å². The Morgan fingerprint density at radius 2 is 2.35 bits per heavy atom. The maximum Gasteiger partial charge on any atom is 0.194 e. The van der Waals surface area contributed by atoms with Crippen molar-refractivity contribution in [3.63, 3.8) is 0 Å². The van der Waals surface area contributed by atoms with Gasteiger partial charge in [-0.25, -0.2) is 4.98 Å². The zero-order chi connectivity index (χ0) is 11.0. The minimum absolute atomic E-state index is 0. The zero-order valence-electron chi connectivity index (χ0n) is 9.85. The highest BCUT2D eigenvalue weighted by Gasteiger charge is 2.26. The topological polar surface area (TPSA) is 40.5 Å². The smallest absolute Gasteiger partial charge is 0.194 e. The first-order chi connectivity index (χ1) is 7.83. The van der Waals surface area contributed by atoms with Crippen LogP contribution in [-0.4, -0.2) is 36.0 Å². The summed E-state index contributed by atoms with van der Waals surface area (Å²) in [6.45, 7) is 2.73. The van der Waals surface area contributed by atoms with E-state index in [0.717, 1.165) is 31.5 Å². The van der Waals surface area contributed by atoms with E-state index in [4.69, 9.17) is 0 Å². The lowest BCUT2D eigenvalue weighted by Gasteiger charge is -2.14. The van der Waals surface area contributed by atoms with Crippen molar-refractivity contribution >= 4 is 41.3 Å². The maximum absolute atomic E-state index is 4.64. The lowest BCUT2D eigenvalue weighted by Crippen LogP contribution is -2.35. The molecule has 1 saturated carbocycles. The van der Waals surface area contributed by atoms with Crippen molar-refractivity contribution in [2.45, 2.75) is 25.3 Å². The molecule has 0 bridgehead atoms. The first kappa shape index (κ1) is 13.1. The normalized spacial score (nSPS) is 18.9. The molecule has 1 aromatic rings. The Morgan fingerprint density at radius 3 is 3.00 bits per heavy atom. The Balaban J connectivity index is 0.00000108. The quantitative estimate of drug-likeness (QED) is 0.835. The monoisotopic (exact) mass is 364 g/mol. The van der Waals surface area contributed by atoms with Gasteiger partial charge in [-0.1, -0.05) is 0 Å². The predicted octanol–water partition coefficient (Wildman–Crippen LogP) is 2.03. The number of aliphatic imine (C=N–C) groups is 1. The van der Waals surface area contributed by atoms with Crippen LogP contribution < -0.4 is 5.32 Å². The minimum atomic E-state index is 0. The number of halogens is 1. The van der Waals surface area contributed by atoms with Crippen molar-refractivity contribution in [3.8, 4) is 0 Å². The van der Waals surface area contributed by atoms with Crippen LogP contribution in [0, 0.1) is 0 Å². The van der Waals surface area contributed by atoms with Crippen molar-refractivity contribution in [1.29, 1.82) is 0 Å². The van der Waals surface area contributed by atoms with Crippen LogP contribution in [-0.2, 0) is 6.54 Å². The van der Waals surface area contributed by atoms with Crippen LogP contribution in [0.2, 0.25) is 0 Å². The first-order valence-corrected chi connectivity index (χ1v) is 6.64. The van der Waals surface area contributed by atoms with Gasteiger partial charge in [-0.2, -0.15) is 0 Å². The summed E-state index contributed by atoms with van der Waals surface area (Å²) in [4.78, 5) is 11.2. The highest BCUT2D eigenvalue weighted by Crippen LogP contribution is 2.40. The van der Waals surface area contributed by atoms with E-state index in [0.29, 0.717) is 0 Å². The van der Waals surface area contributed by atoms with E-state index >= 15 is 0 Å². The van der Waals surface area contributed by atoms with E-state index in [1.54, 1.807) is 11.3 Å². The van der Waals surface area contributed by atoms with Crippen molar-refractivity contribution in [2.24, 2.45) is 4.99 Å². The molecule has 1 fully saturated rings. The van der Waals surface area contributed by atoms with E-state index in [-0.39, 0.29) is 24.0 Å². The molecule has 17 heavy (non-hydrogen) atoms. The SMILES string of the molecule is CN1CCN=C1NCc1nc(C2CC2)cs1.I. The second kappa shape index (κ2) is 5.51. The standard InChI is InChI=1S/C11H16N4S.HI/c1-15-5-4-12-11(15)13-6-10-14-9(7-16-10)8-2-3-8;/h7-8H,2-6H2,1H3,(H,12,13);1H. The second-order valence-electron chi connectivity index (χ2n) is 4.42. The van der Waals surface area contributed by atoms with Gasteiger partial charge in [0.25, 0.3) is 0 Å². The van der Waals surface area contributed by atoms with Crippen LogP contribution in [0.1, 0.15) is 29.5 Å². The van der Waals surface area contributed by atoms with Crippen LogP contribution in [0.25, 0.3) is 0 Å². The molecule has 2 heterocycles. The second-order valence-corrected chi connectivity index (χ2v) is 5.36. The Morgan fingerprint density at radius 1 is 1.53 bits per heavy atom. The molecule has 1 aliphatic heterocycles. The van der Waals surface area contributed by atoms with Crippen LogP contribution in [0.4, 0.5) is 0 Å². The summed E-state index contributed by atoms with van der Waals surface area (Å²) in [5.41, 5.74) is 1.29. The number of thiazole rings is 1. The summed E-state index contributed by atoms with van der Waals surface area (Å²) in [6.07, 6.45) is 2.65. The van der Waals surface area contributed by atoms with Crippen LogP contribution >= 0.6 is 35.3 Å². The number of hydrogen-bond donors (Lipinski definition) is 1. The summed E-state index contributed by atoms with van der Waals surface area (Å²) in [7, 11) is 2.07. The van der Waals surface area contributed by atoms with Gasteiger partial charge in [-0.3, -0.25) is 4.99 Å². The van der Waals surface area contributed by atoms with Gasteiger partial charge in [0.15, 0.2) is 5.96 Å². The number of nitrogens with one attached hydrogen (secondary N) is 1. The molecule has 0 saturated heterocycles. The van der Waals surface area contributed by atoms with Gasteiger partial charge in [0.2, 0.25) is 0 Å². The summed E-state index contributed by atoms with van der Waals surface area (Å²) in [5, 5.41) is 6.72. The van der Waals surface area contributed by atoms with Crippen LogP contribution in [0.15, 0.2) is 10.4 Å². The molecule has 0 atom stereocenters. The third-order valence-corrected chi connectivity index (χ3v) is 3.89. The minimum Gasteiger partial charge on any atom is -0.350 e.